The van der Waals surface area contributed by atoms with Gasteiger partial charge in [0.25, 0.3) is 0 Å². The number of hydrogen-bond acceptors (Lipinski definition) is 4. The highest BCUT2D eigenvalue weighted by molar-refractivity contribution is 7.09. The zero-order valence-corrected chi connectivity index (χ0v) is 9.92. The predicted molar refractivity (Wildman–Crippen MR) is 64.2 cm³/mol. The molecule has 5 heteroatoms. The Morgan fingerprint density at radius 2 is 2.24 bits per heavy atom. The number of aromatic nitrogens is 2. The van der Waals surface area contributed by atoms with E-state index in [9.17, 15) is 4.39 Å². The number of halogens is 1. The molecule has 0 bridgehead atoms. The van der Waals surface area contributed by atoms with E-state index in [0.29, 0.717) is 10.6 Å². The lowest BCUT2D eigenvalue weighted by Gasteiger charge is -1.96. The fourth-order valence-corrected chi connectivity index (χ4v) is 1.83. The first-order valence-electron chi connectivity index (χ1n) is 4.92. The van der Waals surface area contributed by atoms with Gasteiger partial charge >= 0.3 is 6.01 Å². The molecular formula is C12H9FN2OS. The number of nitrogens with zero attached hydrogens (tertiary/aromatic N) is 2. The molecule has 0 radical (unpaired) electrons. The van der Waals surface area contributed by atoms with Gasteiger partial charge in [0, 0.05) is 5.56 Å². The second kappa shape index (κ2) is 5.41. The van der Waals surface area contributed by atoms with Crippen LogP contribution in [0.1, 0.15) is 6.92 Å². The standard InChI is InChI=1S/C12H9FN2OS/c1-2-3-8-16-12-14-11(17-15-12)9-6-4-5-7-10(9)13/h4-7H,8H2,1H3. The summed E-state index contributed by atoms with van der Waals surface area (Å²) in [5.41, 5.74) is 0.432. The average Bonchev–Trinajstić information content (AvgIpc) is 2.79. The zero-order chi connectivity index (χ0) is 12.1. The average molecular weight is 248 g/mol. The van der Waals surface area contributed by atoms with Crippen molar-refractivity contribution in [3.63, 3.8) is 0 Å². The van der Waals surface area contributed by atoms with Gasteiger partial charge in [-0.15, -0.1) is 10.3 Å². The number of benzene rings is 1. The van der Waals surface area contributed by atoms with E-state index in [2.05, 4.69) is 21.2 Å². The van der Waals surface area contributed by atoms with Gasteiger partial charge in [0.15, 0.2) is 11.6 Å². The lowest BCUT2D eigenvalue weighted by atomic mass is 10.2. The second-order valence-corrected chi connectivity index (χ2v) is 3.83. The largest absolute Gasteiger partial charge is 0.450 e. The maximum atomic E-state index is 13.5. The zero-order valence-electron chi connectivity index (χ0n) is 9.11. The highest BCUT2D eigenvalue weighted by Crippen LogP contribution is 2.25. The summed E-state index contributed by atoms with van der Waals surface area (Å²) >= 11 is 1.10. The van der Waals surface area contributed by atoms with Gasteiger partial charge in [-0.25, -0.2) is 4.39 Å². The van der Waals surface area contributed by atoms with E-state index in [0.717, 1.165) is 11.5 Å². The minimum atomic E-state index is -0.316. The third-order valence-corrected chi connectivity index (χ3v) is 2.69. The highest BCUT2D eigenvalue weighted by atomic mass is 32.1. The molecule has 0 unspecified atom stereocenters. The Kier molecular flexibility index (Phi) is 3.68. The van der Waals surface area contributed by atoms with Crippen LogP contribution in [0.4, 0.5) is 4.39 Å². The van der Waals surface area contributed by atoms with Crippen molar-refractivity contribution in [3.8, 4) is 28.4 Å². The summed E-state index contributed by atoms with van der Waals surface area (Å²) in [7, 11) is 0. The quantitative estimate of drug-likeness (QED) is 0.783. The summed E-state index contributed by atoms with van der Waals surface area (Å²) in [6, 6.07) is 6.67. The molecule has 0 fully saturated rings. The minimum absolute atomic E-state index is 0.232. The molecule has 0 spiro atoms. The number of ether oxygens (including phenoxy) is 1. The van der Waals surface area contributed by atoms with Gasteiger partial charge in [0.2, 0.25) is 0 Å². The van der Waals surface area contributed by atoms with Crippen LogP contribution in [0.3, 0.4) is 0 Å². The van der Waals surface area contributed by atoms with Gasteiger partial charge in [0.1, 0.15) is 5.82 Å². The summed E-state index contributed by atoms with van der Waals surface area (Å²) in [5.74, 6) is 5.12. The molecule has 1 aromatic heterocycles. The van der Waals surface area contributed by atoms with Crippen molar-refractivity contribution < 1.29 is 9.13 Å². The van der Waals surface area contributed by atoms with Gasteiger partial charge in [-0.2, -0.15) is 4.98 Å². The summed E-state index contributed by atoms with van der Waals surface area (Å²) < 4.78 is 22.6. The monoisotopic (exact) mass is 248 g/mol. The lowest BCUT2D eigenvalue weighted by molar-refractivity contribution is 0.345. The molecular weight excluding hydrogens is 239 g/mol. The first-order valence-corrected chi connectivity index (χ1v) is 5.69. The highest BCUT2D eigenvalue weighted by Gasteiger charge is 2.10. The molecule has 0 aliphatic rings. The molecule has 2 aromatic rings. The predicted octanol–water partition coefficient (Wildman–Crippen LogP) is 2.75. The molecule has 0 saturated heterocycles. The fourth-order valence-electron chi connectivity index (χ4n) is 1.19. The van der Waals surface area contributed by atoms with Gasteiger partial charge < -0.3 is 4.74 Å². The summed E-state index contributed by atoms with van der Waals surface area (Å²) in [6.45, 7) is 1.96. The lowest BCUT2D eigenvalue weighted by Crippen LogP contribution is -1.95. The maximum Gasteiger partial charge on any atom is 0.329 e. The van der Waals surface area contributed by atoms with E-state index < -0.39 is 0 Å². The Morgan fingerprint density at radius 3 is 3.00 bits per heavy atom. The number of rotatable bonds is 3. The van der Waals surface area contributed by atoms with Gasteiger partial charge in [-0.3, -0.25) is 0 Å². The van der Waals surface area contributed by atoms with Crippen LogP contribution in [0.15, 0.2) is 24.3 Å². The minimum Gasteiger partial charge on any atom is -0.450 e. The molecule has 17 heavy (non-hydrogen) atoms. The first-order chi connectivity index (χ1) is 8.31. The van der Waals surface area contributed by atoms with E-state index >= 15 is 0 Å². The molecule has 0 N–H and O–H groups in total. The maximum absolute atomic E-state index is 13.5. The Morgan fingerprint density at radius 1 is 1.41 bits per heavy atom. The van der Waals surface area contributed by atoms with Crippen LogP contribution in [0.25, 0.3) is 10.6 Å². The van der Waals surface area contributed by atoms with Crippen molar-refractivity contribution in [2.45, 2.75) is 6.92 Å². The van der Waals surface area contributed by atoms with Gasteiger partial charge in [0.05, 0.1) is 0 Å². The third kappa shape index (κ3) is 2.80. The molecule has 0 saturated carbocycles. The van der Waals surface area contributed by atoms with Crippen LogP contribution >= 0.6 is 11.5 Å². The van der Waals surface area contributed by atoms with Crippen molar-refractivity contribution >= 4 is 11.5 Å². The van der Waals surface area contributed by atoms with Crippen LogP contribution in [0.2, 0.25) is 0 Å². The molecule has 3 nitrogen and oxygen atoms in total. The van der Waals surface area contributed by atoms with Crippen molar-refractivity contribution in [2.24, 2.45) is 0 Å². The Hall–Kier alpha value is -1.93. The van der Waals surface area contributed by atoms with E-state index in [1.807, 2.05) is 0 Å². The molecule has 0 aliphatic carbocycles. The van der Waals surface area contributed by atoms with Crippen molar-refractivity contribution in [3.05, 3.63) is 30.1 Å². The molecule has 0 amide bonds. The topological polar surface area (TPSA) is 35.0 Å². The van der Waals surface area contributed by atoms with Gasteiger partial charge in [-0.05, 0) is 30.6 Å². The third-order valence-electron chi connectivity index (χ3n) is 1.96. The molecule has 1 heterocycles. The van der Waals surface area contributed by atoms with E-state index in [-0.39, 0.29) is 18.4 Å². The normalized spacial score (nSPS) is 9.53. The molecule has 86 valence electrons. The van der Waals surface area contributed by atoms with E-state index in [1.54, 1.807) is 25.1 Å². The Labute approximate surface area is 102 Å². The Bertz CT molecular complexity index is 571. The second-order valence-electron chi connectivity index (χ2n) is 3.08. The van der Waals surface area contributed by atoms with Crippen LogP contribution in [-0.4, -0.2) is 16.0 Å². The molecule has 2 rings (SSSR count). The summed E-state index contributed by atoms with van der Waals surface area (Å²) in [6.07, 6.45) is 0. The number of hydrogen-bond donors (Lipinski definition) is 0. The van der Waals surface area contributed by atoms with Gasteiger partial charge in [-0.1, -0.05) is 18.1 Å². The van der Waals surface area contributed by atoms with Crippen LogP contribution in [0.5, 0.6) is 6.01 Å². The van der Waals surface area contributed by atoms with Crippen molar-refractivity contribution in [1.29, 1.82) is 0 Å². The molecule has 0 aliphatic heterocycles. The Balaban J connectivity index is 2.17. The van der Waals surface area contributed by atoms with Crippen LogP contribution in [0, 0.1) is 17.7 Å². The summed E-state index contributed by atoms with van der Waals surface area (Å²) in [5, 5.41) is 0.502. The smallest absolute Gasteiger partial charge is 0.329 e. The molecule has 1 aromatic carbocycles. The molecule has 0 atom stereocenters. The van der Waals surface area contributed by atoms with Crippen LogP contribution < -0.4 is 4.74 Å². The SMILES string of the molecule is CC#CCOc1nsc(-c2ccccc2F)n1. The van der Waals surface area contributed by atoms with Crippen molar-refractivity contribution in [1.82, 2.24) is 9.36 Å². The summed E-state index contributed by atoms with van der Waals surface area (Å²) in [4.78, 5) is 4.09. The first kappa shape index (κ1) is 11.6. The van der Waals surface area contributed by atoms with E-state index in [1.165, 1.54) is 6.07 Å². The van der Waals surface area contributed by atoms with Crippen LogP contribution in [-0.2, 0) is 0 Å². The van der Waals surface area contributed by atoms with Crippen molar-refractivity contribution in [2.75, 3.05) is 6.61 Å². The van der Waals surface area contributed by atoms with E-state index in [4.69, 9.17) is 4.74 Å². The fraction of sp³-hybridized carbons (Fsp3) is 0.167.